The number of nitrogens with two attached hydrogens (primary N) is 1. The predicted octanol–water partition coefficient (Wildman–Crippen LogP) is 3.05. The highest BCUT2D eigenvalue weighted by Gasteiger charge is 2.23. The molecular formula is C30H32N3O6. The van der Waals surface area contributed by atoms with Crippen LogP contribution >= 0.6 is 0 Å². The molecule has 1 aliphatic rings. The lowest BCUT2D eigenvalue weighted by Gasteiger charge is -2.19. The molecule has 4 N–H and O–H groups in total. The number of hydrogen-bond acceptors (Lipinski definition) is 6. The highest BCUT2D eigenvalue weighted by molar-refractivity contribution is 5.92. The number of rotatable bonds is 13. The Balaban J connectivity index is 1.38. The van der Waals surface area contributed by atoms with Crippen LogP contribution in [0.4, 0.5) is 0 Å². The first-order chi connectivity index (χ1) is 18.9. The van der Waals surface area contributed by atoms with Gasteiger partial charge in [-0.3, -0.25) is 14.4 Å². The van der Waals surface area contributed by atoms with Gasteiger partial charge in [0.25, 0.3) is 0 Å². The summed E-state index contributed by atoms with van der Waals surface area (Å²) in [5, 5.41) is 5.65. The predicted molar refractivity (Wildman–Crippen MR) is 145 cm³/mol. The number of nitrogens with one attached hydrogen (secondary N) is 2. The van der Waals surface area contributed by atoms with Crippen molar-refractivity contribution >= 4 is 17.7 Å². The number of carbonyl (C=O) groups is 3. The molecule has 3 amide bonds. The summed E-state index contributed by atoms with van der Waals surface area (Å²) in [4.78, 5) is 37.1. The second-order valence-electron chi connectivity index (χ2n) is 9.33. The molecule has 9 heteroatoms. The molecule has 4 rings (SSSR count). The Hall–Kier alpha value is -4.53. The molecule has 0 fully saturated rings. The molecular weight excluding hydrogens is 498 g/mol. The van der Waals surface area contributed by atoms with Crippen LogP contribution in [0.2, 0.25) is 0 Å². The summed E-state index contributed by atoms with van der Waals surface area (Å²) in [5.74, 6) is 0.204. The monoisotopic (exact) mass is 530 g/mol. The van der Waals surface area contributed by atoms with E-state index in [9.17, 15) is 14.4 Å². The van der Waals surface area contributed by atoms with E-state index in [0.29, 0.717) is 23.9 Å². The van der Waals surface area contributed by atoms with E-state index >= 15 is 0 Å². The molecule has 1 aliphatic heterocycles. The van der Waals surface area contributed by atoms with Crippen molar-refractivity contribution in [3.8, 4) is 17.2 Å². The first-order valence-corrected chi connectivity index (χ1v) is 12.7. The largest absolute Gasteiger partial charge is 0.489 e. The lowest BCUT2D eigenvalue weighted by molar-refractivity contribution is -0.128. The van der Waals surface area contributed by atoms with Crippen molar-refractivity contribution in [2.24, 2.45) is 11.7 Å². The number of benzene rings is 3. The molecule has 39 heavy (non-hydrogen) atoms. The van der Waals surface area contributed by atoms with Crippen LogP contribution in [0.25, 0.3) is 0 Å². The summed E-state index contributed by atoms with van der Waals surface area (Å²) in [5.41, 5.74) is 8.02. The minimum absolute atomic E-state index is 0.167. The fraction of sp³-hybridized carbons (Fsp3) is 0.267. The van der Waals surface area contributed by atoms with Crippen LogP contribution in [0.15, 0.2) is 72.8 Å². The Morgan fingerprint density at radius 1 is 0.949 bits per heavy atom. The van der Waals surface area contributed by atoms with E-state index in [-0.39, 0.29) is 32.1 Å². The van der Waals surface area contributed by atoms with E-state index < -0.39 is 23.8 Å². The van der Waals surface area contributed by atoms with Gasteiger partial charge in [0, 0.05) is 18.9 Å². The van der Waals surface area contributed by atoms with Crippen molar-refractivity contribution in [1.82, 2.24) is 10.6 Å². The Morgan fingerprint density at radius 2 is 1.67 bits per heavy atom. The molecule has 2 unspecified atom stereocenters. The molecule has 0 spiro atoms. The van der Waals surface area contributed by atoms with Gasteiger partial charge in [-0.25, -0.2) is 0 Å². The van der Waals surface area contributed by atoms with Crippen molar-refractivity contribution in [3.63, 3.8) is 0 Å². The van der Waals surface area contributed by atoms with Gasteiger partial charge in [-0.15, -0.1) is 0 Å². The Labute approximate surface area is 227 Å². The van der Waals surface area contributed by atoms with Gasteiger partial charge in [-0.05, 0) is 47.4 Å². The average Bonchev–Trinajstić information content (AvgIpc) is 3.42. The summed E-state index contributed by atoms with van der Waals surface area (Å²) in [7, 11) is 0. The van der Waals surface area contributed by atoms with Crippen molar-refractivity contribution in [1.29, 1.82) is 0 Å². The molecule has 1 heterocycles. The Kier molecular flexibility index (Phi) is 9.39. The molecule has 203 valence electrons. The minimum atomic E-state index is -0.845. The van der Waals surface area contributed by atoms with E-state index in [1.807, 2.05) is 66.7 Å². The zero-order valence-corrected chi connectivity index (χ0v) is 21.7. The van der Waals surface area contributed by atoms with Gasteiger partial charge in [-0.1, -0.05) is 55.5 Å². The molecule has 3 aromatic carbocycles. The summed E-state index contributed by atoms with van der Waals surface area (Å²) >= 11 is 0. The van der Waals surface area contributed by atoms with Gasteiger partial charge in [-0.2, -0.15) is 0 Å². The quantitative estimate of drug-likeness (QED) is 0.312. The SMILES string of the molecule is CC(C[CH]C(=O)NC(Cc1ccc(OCc2ccccc2)cc1)C(=O)NCc1ccc2c(c1)OCO2)C(N)=O. The number of primary amides is 1. The number of fused-ring (bicyclic) bond motifs is 1. The fourth-order valence-electron chi connectivity index (χ4n) is 3.90. The summed E-state index contributed by atoms with van der Waals surface area (Å²) in [6, 6.07) is 21.8. The molecule has 0 saturated heterocycles. The van der Waals surface area contributed by atoms with Gasteiger partial charge in [0.2, 0.25) is 24.5 Å². The standard InChI is InChI=1S/C30H32N3O6/c1-20(29(31)35)7-14-28(34)33-25(30(36)32-17-23-10-13-26-27(16-23)39-19-38-26)15-21-8-11-24(12-9-21)37-18-22-5-3-2-4-6-22/h2-6,8-14,16,20,25H,7,15,17-19H2,1H3,(H2,31,35)(H,32,36)(H,33,34). The zero-order valence-electron chi connectivity index (χ0n) is 21.7. The third kappa shape index (κ3) is 8.23. The maximum absolute atomic E-state index is 13.2. The minimum Gasteiger partial charge on any atom is -0.489 e. The number of ether oxygens (including phenoxy) is 3. The van der Waals surface area contributed by atoms with Crippen molar-refractivity contribution < 1.29 is 28.6 Å². The number of carbonyl (C=O) groups excluding carboxylic acids is 3. The smallest absolute Gasteiger partial charge is 0.243 e. The Morgan fingerprint density at radius 3 is 2.41 bits per heavy atom. The zero-order chi connectivity index (χ0) is 27.6. The highest BCUT2D eigenvalue weighted by atomic mass is 16.7. The molecule has 1 radical (unpaired) electrons. The topological polar surface area (TPSA) is 129 Å². The fourth-order valence-corrected chi connectivity index (χ4v) is 3.90. The Bertz CT molecular complexity index is 1280. The van der Waals surface area contributed by atoms with E-state index in [4.69, 9.17) is 19.9 Å². The van der Waals surface area contributed by atoms with E-state index in [2.05, 4.69) is 10.6 Å². The molecule has 2 atom stereocenters. The van der Waals surface area contributed by atoms with Crippen LogP contribution in [0.1, 0.15) is 30.0 Å². The number of amides is 3. The lowest BCUT2D eigenvalue weighted by Crippen LogP contribution is -2.48. The highest BCUT2D eigenvalue weighted by Crippen LogP contribution is 2.32. The first kappa shape index (κ1) is 27.5. The lowest BCUT2D eigenvalue weighted by atomic mass is 10.0. The second kappa shape index (κ2) is 13.3. The van der Waals surface area contributed by atoms with Crippen LogP contribution in [-0.2, 0) is 34.0 Å². The molecule has 0 aromatic heterocycles. The van der Waals surface area contributed by atoms with Crippen molar-refractivity contribution in [3.05, 3.63) is 95.9 Å². The molecule has 0 saturated carbocycles. The van der Waals surface area contributed by atoms with E-state index in [0.717, 1.165) is 16.7 Å². The normalized spacial score (nSPS) is 13.3. The third-order valence-corrected chi connectivity index (χ3v) is 6.29. The van der Waals surface area contributed by atoms with E-state index in [1.165, 1.54) is 6.42 Å². The molecule has 0 bridgehead atoms. The summed E-state index contributed by atoms with van der Waals surface area (Å²) in [6.07, 6.45) is 1.78. The van der Waals surface area contributed by atoms with Gasteiger partial charge in [0.1, 0.15) is 18.4 Å². The second-order valence-corrected chi connectivity index (χ2v) is 9.33. The molecule has 3 aromatic rings. The van der Waals surface area contributed by atoms with Crippen LogP contribution in [0.5, 0.6) is 17.2 Å². The van der Waals surface area contributed by atoms with Crippen LogP contribution < -0.4 is 30.6 Å². The number of hydrogen-bond donors (Lipinski definition) is 3. The van der Waals surface area contributed by atoms with Gasteiger partial charge >= 0.3 is 0 Å². The molecule has 9 nitrogen and oxygen atoms in total. The summed E-state index contributed by atoms with van der Waals surface area (Å²) < 4.78 is 16.6. The maximum Gasteiger partial charge on any atom is 0.243 e. The van der Waals surface area contributed by atoms with Crippen LogP contribution in [-0.4, -0.2) is 30.6 Å². The van der Waals surface area contributed by atoms with Gasteiger partial charge < -0.3 is 30.6 Å². The summed E-state index contributed by atoms with van der Waals surface area (Å²) in [6.45, 7) is 2.50. The molecule has 0 aliphatic carbocycles. The third-order valence-electron chi connectivity index (χ3n) is 6.29. The van der Waals surface area contributed by atoms with Crippen LogP contribution in [0, 0.1) is 12.3 Å². The van der Waals surface area contributed by atoms with Crippen LogP contribution in [0.3, 0.4) is 0 Å². The first-order valence-electron chi connectivity index (χ1n) is 12.7. The van der Waals surface area contributed by atoms with Gasteiger partial charge in [0.15, 0.2) is 11.5 Å². The van der Waals surface area contributed by atoms with E-state index in [1.54, 1.807) is 13.0 Å². The van der Waals surface area contributed by atoms with Crippen molar-refractivity contribution in [2.45, 2.75) is 39.0 Å². The maximum atomic E-state index is 13.2. The van der Waals surface area contributed by atoms with Gasteiger partial charge in [0.05, 0.1) is 6.42 Å². The van der Waals surface area contributed by atoms with Crippen molar-refractivity contribution in [2.75, 3.05) is 6.79 Å². The average molecular weight is 531 g/mol.